The van der Waals surface area contributed by atoms with E-state index in [4.69, 9.17) is 10.2 Å². The Morgan fingerprint density at radius 2 is 1.93 bits per heavy atom. The molecule has 2 aromatic rings. The van der Waals surface area contributed by atoms with E-state index in [-0.39, 0.29) is 6.10 Å². The average molecular weight is 376 g/mol. The maximum Gasteiger partial charge on any atom is 0.142 e. The summed E-state index contributed by atoms with van der Waals surface area (Å²) in [6.45, 7) is 6.38. The number of hydrogen-bond acceptors (Lipinski definition) is 6. The van der Waals surface area contributed by atoms with Crippen LogP contribution in [0, 0.1) is 11.8 Å². The number of anilines is 1. The van der Waals surface area contributed by atoms with Crippen LogP contribution in [0.4, 0.5) is 5.82 Å². The summed E-state index contributed by atoms with van der Waals surface area (Å²) in [6, 6.07) is 2.03. The second kappa shape index (κ2) is 10.0. The summed E-state index contributed by atoms with van der Waals surface area (Å²) in [4.78, 5) is 14.1. The normalized spacial score (nSPS) is 20.3. The third-order valence-electron chi connectivity index (χ3n) is 5.85. The number of aromatic amines is 1. The zero-order chi connectivity index (χ0) is 19.1. The zero-order valence-electron chi connectivity index (χ0n) is 16.3. The maximum absolute atomic E-state index is 9.15. The molecule has 0 saturated carbocycles. The van der Waals surface area contributed by atoms with Crippen LogP contribution in [0.2, 0.25) is 0 Å². The summed E-state index contributed by atoms with van der Waals surface area (Å²) in [5, 5.41) is 22.5. The highest BCUT2D eigenvalue weighted by Gasteiger charge is 2.21. The second-order valence-electron chi connectivity index (χ2n) is 7.71. The molecule has 4 rings (SSSR count). The SMILES string of the molecule is CC(O)C1CCNCC1.OCCC1CCN(c2ncnc3[nH]ccc23)CC1. The highest BCUT2D eigenvalue weighted by molar-refractivity contribution is 5.87. The number of nitrogens with zero attached hydrogens (tertiary/aromatic N) is 3. The number of aromatic nitrogens is 3. The first-order valence-electron chi connectivity index (χ1n) is 10.2. The Balaban J connectivity index is 0.000000197. The van der Waals surface area contributed by atoms with Crippen LogP contribution in [-0.4, -0.2) is 64.1 Å². The topological polar surface area (TPSA) is 97.3 Å². The van der Waals surface area contributed by atoms with Crippen molar-refractivity contribution in [2.75, 3.05) is 37.7 Å². The summed E-state index contributed by atoms with van der Waals surface area (Å²) in [6.07, 6.45) is 8.89. The third-order valence-corrected chi connectivity index (χ3v) is 5.85. The molecule has 27 heavy (non-hydrogen) atoms. The van der Waals surface area contributed by atoms with E-state index in [0.717, 1.165) is 75.1 Å². The standard InChI is InChI=1S/C13H18N4O.C7H15NO/c18-8-4-10-2-6-17(7-3-10)13-11-1-5-14-12(11)15-9-16-13;1-6(9)7-2-4-8-5-3-7/h1,5,9-10,18H,2-4,6-8H2,(H,14,15,16);6-9H,2-5H2,1H3. The van der Waals surface area contributed by atoms with Crippen LogP contribution in [0.1, 0.15) is 39.0 Å². The Kier molecular flexibility index (Phi) is 7.43. The molecule has 0 bridgehead atoms. The minimum atomic E-state index is -0.105. The number of nitrogens with one attached hydrogen (secondary N) is 2. The van der Waals surface area contributed by atoms with Crippen LogP contribution in [0.5, 0.6) is 0 Å². The highest BCUT2D eigenvalue weighted by Crippen LogP contribution is 2.27. The molecule has 0 spiro atoms. The van der Waals surface area contributed by atoms with Gasteiger partial charge in [-0.3, -0.25) is 0 Å². The van der Waals surface area contributed by atoms with E-state index in [0.29, 0.717) is 18.4 Å². The fraction of sp³-hybridized carbons (Fsp3) is 0.700. The monoisotopic (exact) mass is 375 g/mol. The predicted octanol–water partition coefficient (Wildman–Crippen LogP) is 1.92. The molecule has 4 heterocycles. The Morgan fingerprint density at radius 1 is 1.19 bits per heavy atom. The molecule has 2 saturated heterocycles. The van der Waals surface area contributed by atoms with Gasteiger partial charge in [0.1, 0.15) is 17.8 Å². The van der Waals surface area contributed by atoms with Crippen molar-refractivity contribution in [3.05, 3.63) is 18.6 Å². The van der Waals surface area contributed by atoms with Gasteiger partial charge in [0.05, 0.1) is 11.5 Å². The molecular formula is C20H33N5O2. The number of rotatable bonds is 4. The van der Waals surface area contributed by atoms with E-state index in [1.165, 1.54) is 0 Å². The number of piperidine rings is 2. The predicted molar refractivity (Wildman–Crippen MR) is 108 cm³/mol. The van der Waals surface area contributed by atoms with Crippen LogP contribution >= 0.6 is 0 Å². The van der Waals surface area contributed by atoms with Gasteiger partial charge in [0.25, 0.3) is 0 Å². The molecule has 7 nitrogen and oxygen atoms in total. The van der Waals surface area contributed by atoms with Crippen molar-refractivity contribution >= 4 is 16.9 Å². The molecule has 7 heteroatoms. The fourth-order valence-electron chi connectivity index (χ4n) is 4.05. The summed E-state index contributed by atoms with van der Waals surface area (Å²) in [5.41, 5.74) is 0.900. The maximum atomic E-state index is 9.15. The third kappa shape index (κ3) is 5.40. The lowest BCUT2D eigenvalue weighted by Crippen LogP contribution is -2.34. The minimum absolute atomic E-state index is 0.105. The van der Waals surface area contributed by atoms with Crippen LogP contribution in [0.15, 0.2) is 18.6 Å². The van der Waals surface area contributed by atoms with Crippen LogP contribution in [-0.2, 0) is 0 Å². The second-order valence-corrected chi connectivity index (χ2v) is 7.71. The molecule has 1 atom stereocenters. The first-order valence-corrected chi connectivity index (χ1v) is 10.2. The Morgan fingerprint density at radius 3 is 2.56 bits per heavy atom. The van der Waals surface area contributed by atoms with Gasteiger partial charge in [0.15, 0.2) is 0 Å². The molecule has 150 valence electrons. The lowest BCUT2D eigenvalue weighted by molar-refractivity contribution is 0.105. The van der Waals surface area contributed by atoms with Gasteiger partial charge in [0.2, 0.25) is 0 Å². The smallest absolute Gasteiger partial charge is 0.142 e. The van der Waals surface area contributed by atoms with Gasteiger partial charge in [-0.05, 0) is 70.0 Å². The quantitative estimate of drug-likeness (QED) is 0.652. The lowest BCUT2D eigenvalue weighted by atomic mass is 9.93. The van der Waals surface area contributed by atoms with Crippen molar-refractivity contribution in [2.45, 2.75) is 45.1 Å². The summed E-state index contributed by atoms with van der Waals surface area (Å²) in [5.74, 6) is 2.24. The van der Waals surface area contributed by atoms with Crippen molar-refractivity contribution < 1.29 is 10.2 Å². The Hall–Kier alpha value is -1.70. The minimum Gasteiger partial charge on any atom is -0.396 e. The van der Waals surface area contributed by atoms with E-state index in [1.54, 1.807) is 6.33 Å². The van der Waals surface area contributed by atoms with E-state index < -0.39 is 0 Å². The summed E-state index contributed by atoms with van der Waals surface area (Å²) >= 11 is 0. The van der Waals surface area contributed by atoms with Gasteiger partial charge >= 0.3 is 0 Å². The van der Waals surface area contributed by atoms with Gasteiger partial charge < -0.3 is 25.4 Å². The van der Waals surface area contributed by atoms with Gasteiger partial charge in [-0.25, -0.2) is 9.97 Å². The molecule has 0 amide bonds. The van der Waals surface area contributed by atoms with E-state index in [2.05, 4.69) is 25.2 Å². The lowest BCUT2D eigenvalue weighted by Gasteiger charge is -2.32. The zero-order valence-corrected chi connectivity index (χ0v) is 16.3. The number of fused-ring (bicyclic) bond motifs is 1. The molecule has 0 aliphatic carbocycles. The summed E-state index contributed by atoms with van der Waals surface area (Å²) < 4.78 is 0. The molecule has 2 aliphatic rings. The van der Waals surface area contributed by atoms with Crippen molar-refractivity contribution in [1.29, 1.82) is 0 Å². The van der Waals surface area contributed by atoms with E-state index in [9.17, 15) is 0 Å². The molecule has 2 fully saturated rings. The molecule has 4 N–H and O–H groups in total. The van der Waals surface area contributed by atoms with Gasteiger partial charge in [-0.15, -0.1) is 0 Å². The Bertz CT molecular complexity index is 676. The average Bonchev–Trinajstić information content (AvgIpc) is 3.19. The van der Waals surface area contributed by atoms with Crippen molar-refractivity contribution in [1.82, 2.24) is 20.3 Å². The summed E-state index contributed by atoms with van der Waals surface area (Å²) in [7, 11) is 0. The van der Waals surface area contributed by atoms with Gasteiger partial charge in [0, 0.05) is 25.9 Å². The number of hydrogen-bond donors (Lipinski definition) is 4. The van der Waals surface area contributed by atoms with E-state index in [1.807, 2.05) is 19.2 Å². The van der Waals surface area contributed by atoms with Gasteiger partial charge in [-0.1, -0.05) is 0 Å². The van der Waals surface area contributed by atoms with Crippen molar-refractivity contribution in [3.8, 4) is 0 Å². The number of H-pyrrole nitrogens is 1. The van der Waals surface area contributed by atoms with Crippen LogP contribution < -0.4 is 10.2 Å². The highest BCUT2D eigenvalue weighted by atomic mass is 16.3. The molecule has 0 radical (unpaired) electrons. The van der Waals surface area contributed by atoms with Crippen LogP contribution in [0.25, 0.3) is 11.0 Å². The fourth-order valence-corrected chi connectivity index (χ4v) is 4.05. The van der Waals surface area contributed by atoms with Crippen LogP contribution in [0.3, 0.4) is 0 Å². The number of aliphatic hydroxyl groups is 2. The molecule has 2 aromatic heterocycles. The van der Waals surface area contributed by atoms with E-state index >= 15 is 0 Å². The molecule has 0 aromatic carbocycles. The Labute approximate surface area is 161 Å². The number of aliphatic hydroxyl groups excluding tert-OH is 2. The largest absolute Gasteiger partial charge is 0.396 e. The molecular weight excluding hydrogens is 342 g/mol. The molecule has 2 aliphatic heterocycles. The first kappa shape index (κ1) is 20.0. The van der Waals surface area contributed by atoms with Crippen molar-refractivity contribution in [2.24, 2.45) is 11.8 Å². The molecule has 1 unspecified atom stereocenters. The first-order chi connectivity index (χ1) is 13.2. The van der Waals surface area contributed by atoms with Gasteiger partial charge in [-0.2, -0.15) is 0 Å². The van der Waals surface area contributed by atoms with Crippen molar-refractivity contribution in [3.63, 3.8) is 0 Å².